The van der Waals surface area contributed by atoms with Crippen molar-refractivity contribution < 1.29 is 18.3 Å². The first-order valence-electron chi connectivity index (χ1n) is 9.14. The quantitative estimate of drug-likeness (QED) is 0.358. The molecule has 30 heavy (non-hydrogen) atoms. The van der Waals surface area contributed by atoms with Crippen LogP contribution in [0.5, 0.6) is 0 Å². The van der Waals surface area contributed by atoms with Gasteiger partial charge in [0.1, 0.15) is 5.82 Å². The molecule has 4 rings (SSSR count). The number of aliphatic hydroxyl groups excluding tert-OH is 1. The molecule has 3 nitrogen and oxygen atoms in total. The number of aromatic amines is 1. The van der Waals surface area contributed by atoms with Crippen molar-refractivity contribution in [2.45, 2.75) is 17.0 Å². The van der Waals surface area contributed by atoms with E-state index in [2.05, 4.69) is 9.97 Å². The molecule has 0 spiro atoms. The normalized spacial score (nSPS) is 12.1. The molecule has 0 atom stereocenters. The molecule has 0 unspecified atom stereocenters. The molecule has 0 fully saturated rings. The van der Waals surface area contributed by atoms with E-state index in [9.17, 15) is 18.3 Å². The van der Waals surface area contributed by atoms with Crippen molar-refractivity contribution in [3.63, 3.8) is 0 Å². The van der Waals surface area contributed by atoms with E-state index in [1.165, 1.54) is 12.1 Å². The second-order valence-corrected chi connectivity index (χ2v) is 7.76. The van der Waals surface area contributed by atoms with Gasteiger partial charge in [-0.1, -0.05) is 48.5 Å². The average molecular weight is 426 g/mol. The summed E-state index contributed by atoms with van der Waals surface area (Å²) in [7, 11) is 0. The Hall–Kier alpha value is -3.03. The van der Waals surface area contributed by atoms with E-state index in [0.29, 0.717) is 5.82 Å². The van der Waals surface area contributed by atoms with Crippen molar-refractivity contribution in [2.75, 3.05) is 0 Å². The van der Waals surface area contributed by atoms with Crippen LogP contribution in [0.25, 0.3) is 34.3 Å². The zero-order chi connectivity index (χ0) is 21.1. The maximum absolute atomic E-state index is 12.4. The molecule has 1 aromatic heterocycles. The smallest absolute Gasteiger partial charge is 0.392 e. The third-order valence-corrected chi connectivity index (χ3v) is 5.29. The minimum absolute atomic E-state index is 0.0363. The Balaban J connectivity index is 1.55. The van der Waals surface area contributed by atoms with Crippen LogP contribution < -0.4 is 0 Å². The predicted octanol–water partition coefficient (Wildman–Crippen LogP) is 6.50. The van der Waals surface area contributed by atoms with Crippen LogP contribution in [0.4, 0.5) is 13.2 Å². The zero-order valence-electron chi connectivity index (χ0n) is 15.6. The number of halogens is 3. The lowest BCUT2D eigenvalue weighted by Gasteiger charge is -2.07. The van der Waals surface area contributed by atoms with E-state index in [-0.39, 0.29) is 23.3 Å². The second-order valence-electron chi connectivity index (χ2n) is 6.62. The molecule has 2 N–H and O–H groups in total. The average Bonchev–Trinajstić information content (AvgIpc) is 3.14. The van der Waals surface area contributed by atoms with E-state index in [0.717, 1.165) is 33.3 Å². The lowest BCUT2D eigenvalue weighted by Crippen LogP contribution is -1.98. The van der Waals surface area contributed by atoms with Crippen molar-refractivity contribution in [2.24, 2.45) is 0 Å². The molecular weight excluding hydrogens is 409 g/mol. The van der Waals surface area contributed by atoms with Crippen LogP contribution >= 0.6 is 11.8 Å². The minimum atomic E-state index is -4.29. The fourth-order valence-corrected chi connectivity index (χ4v) is 3.71. The summed E-state index contributed by atoms with van der Waals surface area (Å²) in [6, 6.07) is 19.7. The van der Waals surface area contributed by atoms with E-state index >= 15 is 0 Å². The monoisotopic (exact) mass is 426 g/mol. The van der Waals surface area contributed by atoms with Gasteiger partial charge in [-0.3, -0.25) is 0 Å². The number of fused-ring (bicyclic) bond motifs is 1. The highest BCUT2D eigenvalue weighted by molar-refractivity contribution is 8.00. The molecule has 0 amide bonds. The Morgan fingerprint density at radius 2 is 1.73 bits per heavy atom. The van der Waals surface area contributed by atoms with Crippen LogP contribution in [-0.4, -0.2) is 20.6 Å². The molecule has 0 saturated carbocycles. The van der Waals surface area contributed by atoms with Gasteiger partial charge in [-0.05, 0) is 64.4 Å². The number of nitrogens with one attached hydrogen (secondary N) is 1. The van der Waals surface area contributed by atoms with Gasteiger partial charge in [0.05, 0.1) is 17.6 Å². The number of hydrogen-bond acceptors (Lipinski definition) is 3. The van der Waals surface area contributed by atoms with E-state index < -0.39 is 5.51 Å². The Labute approximate surface area is 175 Å². The number of benzene rings is 3. The number of nitrogens with zero attached hydrogens (tertiary/aromatic N) is 1. The molecule has 0 radical (unpaired) electrons. The maximum atomic E-state index is 12.4. The van der Waals surface area contributed by atoms with Crippen LogP contribution in [0.1, 0.15) is 17.0 Å². The van der Waals surface area contributed by atoms with Gasteiger partial charge in [0.2, 0.25) is 0 Å². The molecule has 1 heterocycles. The Morgan fingerprint density at radius 1 is 0.967 bits per heavy atom. The Kier molecular flexibility index (Phi) is 5.65. The van der Waals surface area contributed by atoms with Gasteiger partial charge in [0.15, 0.2) is 0 Å². The standard InChI is InChI=1S/C23H17F3N2OS/c24-23(25,26)30-18-9-5-15(6-10-18)7-12-22-27-20-11-8-16(13-21(20)28-22)19-4-2-1-3-17(19)14-29/h1-13,29H,14H2,(H,27,28). The Bertz CT molecular complexity index is 1200. The van der Waals surface area contributed by atoms with Crippen molar-refractivity contribution in [1.82, 2.24) is 9.97 Å². The highest BCUT2D eigenvalue weighted by Crippen LogP contribution is 2.36. The molecule has 0 aliphatic carbocycles. The van der Waals surface area contributed by atoms with Crippen LogP contribution in [0.2, 0.25) is 0 Å². The second kappa shape index (κ2) is 8.38. The number of H-pyrrole nitrogens is 1. The van der Waals surface area contributed by atoms with Gasteiger partial charge in [0.25, 0.3) is 0 Å². The van der Waals surface area contributed by atoms with Crippen LogP contribution in [0, 0.1) is 0 Å². The van der Waals surface area contributed by atoms with Gasteiger partial charge in [-0.25, -0.2) is 4.98 Å². The number of thioether (sulfide) groups is 1. The Morgan fingerprint density at radius 3 is 2.47 bits per heavy atom. The summed E-state index contributed by atoms with van der Waals surface area (Å²) in [6.07, 6.45) is 3.58. The number of hydrogen-bond donors (Lipinski definition) is 2. The summed E-state index contributed by atoms with van der Waals surface area (Å²) < 4.78 is 37.2. The fourth-order valence-electron chi connectivity index (χ4n) is 3.17. The number of aliphatic hydroxyl groups is 1. The highest BCUT2D eigenvalue weighted by Gasteiger charge is 2.28. The van der Waals surface area contributed by atoms with Gasteiger partial charge < -0.3 is 10.1 Å². The maximum Gasteiger partial charge on any atom is 0.446 e. The molecule has 7 heteroatoms. The van der Waals surface area contributed by atoms with Crippen LogP contribution in [0.3, 0.4) is 0 Å². The number of imidazole rings is 1. The van der Waals surface area contributed by atoms with Crippen molar-refractivity contribution in [3.05, 3.63) is 83.7 Å². The summed E-state index contributed by atoms with van der Waals surface area (Å²) in [4.78, 5) is 7.92. The summed E-state index contributed by atoms with van der Waals surface area (Å²) in [5.74, 6) is 0.645. The third kappa shape index (κ3) is 4.75. The van der Waals surface area contributed by atoms with Crippen LogP contribution in [-0.2, 0) is 6.61 Å². The molecule has 152 valence electrons. The topological polar surface area (TPSA) is 48.9 Å². The molecule has 0 aliphatic heterocycles. The predicted molar refractivity (Wildman–Crippen MR) is 115 cm³/mol. The summed E-state index contributed by atoms with van der Waals surface area (Å²) in [5.41, 5.74) is 0.939. The largest absolute Gasteiger partial charge is 0.446 e. The minimum Gasteiger partial charge on any atom is -0.392 e. The van der Waals surface area contributed by atoms with Gasteiger partial charge in [-0.2, -0.15) is 13.2 Å². The van der Waals surface area contributed by atoms with E-state index in [4.69, 9.17) is 0 Å². The molecule has 0 aliphatic rings. The van der Waals surface area contributed by atoms with E-state index in [1.807, 2.05) is 42.5 Å². The number of rotatable bonds is 5. The van der Waals surface area contributed by atoms with Crippen molar-refractivity contribution in [3.8, 4) is 11.1 Å². The number of alkyl halides is 3. The van der Waals surface area contributed by atoms with Crippen molar-refractivity contribution in [1.29, 1.82) is 0 Å². The van der Waals surface area contributed by atoms with E-state index in [1.54, 1.807) is 24.3 Å². The van der Waals surface area contributed by atoms with Crippen molar-refractivity contribution >= 4 is 34.9 Å². The molecule has 0 saturated heterocycles. The lowest BCUT2D eigenvalue weighted by atomic mass is 10.00. The molecule has 0 bridgehead atoms. The molecule has 3 aromatic carbocycles. The first kappa shape index (κ1) is 20.3. The summed E-state index contributed by atoms with van der Waals surface area (Å²) in [5, 5.41) is 9.56. The van der Waals surface area contributed by atoms with Gasteiger partial charge >= 0.3 is 5.51 Å². The summed E-state index contributed by atoms with van der Waals surface area (Å²) >= 11 is -0.129. The molecular formula is C23H17F3N2OS. The van der Waals surface area contributed by atoms with Crippen LogP contribution in [0.15, 0.2) is 71.6 Å². The number of aromatic nitrogens is 2. The lowest BCUT2D eigenvalue weighted by molar-refractivity contribution is -0.0328. The SMILES string of the molecule is OCc1ccccc1-c1ccc2nc(C=Cc3ccc(SC(F)(F)F)cc3)[nH]c2c1. The zero-order valence-corrected chi connectivity index (χ0v) is 16.5. The first-order valence-corrected chi connectivity index (χ1v) is 9.96. The van der Waals surface area contributed by atoms with Gasteiger partial charge in [0, 0.05) is 4.90 Å². The summed E-state index contributed by atoms with van der Waals surface area (Å²) in [6.45, 7) is -0.0363. The molecule has 4 aromatic rings. The third-order valence-electron chi connectivity index (χ3n) is 4.55. The van der Waals surface area contributed by atoms with Gasteiger partial charge in [-0.15, -0.1) is 0 Å². The first-order chi connectivity index (χ1) is 14.4. The fraction of sp³-hybridized carbons (Fsp3) is 0.0870. The highest BCUT2D eigenvalue weighted by atomic mass is 32.2.